The van der Waals surface area contributed by atoms with Crippen molar-refractivity contribution in [3.8, 4) is 0 Å². The Kier molecular flexibility index (Phi) is 10.9. The molecular formula is C24H25BrCl2N4O4. The molecule has 186 valence electrons. The number of carbonyl (C=O) groups excluding carboxylic acids is 2. The van der Waals surface area contributed by atoms with Crippen molar-refractivity contribution in [2.24, 2.45) is 0 Å². The molecule has 0 aliphatic carbocycles. The summed E-state index contributed by atoms with van der Waals surface area (Å²) in [5.41, 5.74) is 5.11. The number of ether oxygens (including phenoxy) is 1. The molecule has 11 heteroatoms. The van der Waals surface area contributed by atoms with Gasteiger partial charge in [-0.2, -0.15) is 0 Å². The van der Waals surface area contributed by atoms with Gasteiger partial charge in [-0.15, -0.1) is 5.48 Å². The number of alkyl halides is 1. The Morgan fingerprint density at radius 2 is 1.86 bits per heavy atom. The molecule has 0 aliphatic rings. The van der Waals surface area contributed by atoms with Crippen molar-refractivity contribution >= 4 is 62.4 Å². The molecule has 2 aromatic carbocycles. The average Bonchev–Trinajstić information content (AvgIpc) is 3.36. The molecular weight excluding hydrogens is 559 g/mol. The molecule has 0 radical (unpaired) electrons. The molecule has 0 fully saturated rings. The van der Waals surface area contributed by atoms with Crippen LogP contribution in [0.3, 0.4) is 0 Å². The zero-order valence-electron chi connectivity index (χ0n) is 18.7. The van der Waals surface area contributed by atoms with Gasteiger partial charge >= 0.3 is 11.9 Å². The van der Waals surface area contributed by atoms with Crippen molar-refractivity contribution in [1.82, 2.24) is 15.4 Å². The van der Waals surface area contributed by atoms with Crippen LogP contribution in [0.5, 0.6) is 0 Å². The number of imidazole rings is 1. The van der Waals surface area contributed by atoms with Crippen LogP contribution in [0, 0.1) is 0 Å². The molecule has 1 heterocycles. The molecule has 3 N–H and O–H groups in total. The van der Waals surface area contributed by atoms with Gasteiger partial charge in [0.25, 0.3) is 0 Å². The van der Waals surface area contributed by atoms with Crippen molar-refractivity contribution in [1.29, 1.82) is 0 Å². The third-order valence-electron chi connectivity index (χ3n) is 4.93. The second kappa shape index (κ2) is 14.1. The summed E-state index contributed by atoms with van der Waals surface area (Å²) >= 11 is 15.9. The highest BCUT2D eigenvalue weighted by Gasteiger charge is 2.23. The summed E-state index contributed by atoms with van der Waals surface area (Å²) in [6.45, 7) is 0.281. The summed E-state index contributed by atoms with van der Waals surface area (Å²) in [6, 6.07) is 11.5. The van der Waals surface area contributed by atoms with Crippen LogP contribution in [0.1, 0.15) is 24.1 Å². The van der Waals surface area contributed by atoms with Crippen molar-refractivity contribution in [3.05, 3.63) is 76.3 Å². The monoisotopic (exact) mass is 582 g/mol. The van der Waals surface area contributed by atoms with Crippen molar-refractivity contribution in [2.75, 3.05) is 17.3 Å². The van der Waals surface area contributed by atoms with Crippen LogP contribution in [0.25, 0.3) is 0 Å². The number of H-pyrrole nitrogens is 1. The van der Waals surface area contributed by atoms with Gasteiger partial charge in [-0.3, -0.25) is 9.59 Å². The molecule has 0 spiro atoms. The minimum atomic E-state index is -0.890. The summed E-state index contributed by atoms with van der Waals surface area (Å²) in [6.07, 6.45) is 4.87. The highest BCUT2D eigenvalue weighted by molar-refractivity contribution is 9.09. The van der Waals surface area contributed by atoms with Crippen LogP contribution in [0.15, 0.2) is 55.0 Å². The standard InChI is InChI=1S/C24H25BrCl2N4O4/c25-10-3-4-11-34-24(33)21(13-17-14-28-15-29-17)31-35-22(32)12-16-6-1-2-9-20(16)30-23-18(26)7-5-8-19(23)27/h1-2,5-9,14-15,21,30-31H,3-4,10-13H2,(H,28,29)/t21-/m0/s1. The predicted octanol–water partition coefficient (Wildman–Crippen LogP) is 5.38. The zero-order valence-corrected chi connectivity index (χ0v) is 21.8. The number of nitrogens with one attached hydrogen (secondary N) is 3. The van der Waals surface area contributed by atoms with Gasteiger partial charge in [0.15, 0.2) is 0 Å². The van der Waals surface area contributed by atoms with Crippen LogP contribution in [0.4, 0.5) is 11.4 Å². The van der Waals surface area contributed by atoms with Gasteiger partial charge in [-0.1, -0.05) is 63.4 Å². The molecule has 1 atom stereocenters. The molecule has 0 amide bonds. The number of hydroxylamine groups is 1. The Balaban J connectivity index is 1.62. The molecule has 3 aromatic rings. The van der Waals surface area contributed by atoms with Crippen LogP contribution in [-0.2, 0) is 32.0 Å². The van der Waals surface area contributed by atoms with E-state index in [1.807, 2.05) is 6.07 Å². The number of hydrogen-bond acceptors (Lipinski definition) is 7. The van der Waals surface area contributed by atoms with Crippen molar-refractivity contribution in [3.63, 3.8) is 0 Å². The lowest BCUT2D eigenvalue weighted by molar-refractivity contribution is -0.160. The third-order valence-corrected chi connectivity index (χ3v) is 6.12. The topological polar surface area (TPSA) is 105 Å². The summed E-state index contributed by atoms with van der Waals surface area (Å²) in [7, 11) is 0. The fraction of sp³-hybridized carbons (Fsp3) is 0.292. The van der Waals surface area contributed by atoms with E-state index in [1.165, 1.54) is 6.33 Å². The lowest BCUT2D eigenvalue weighted by Crippen LogP contribution is -2.41. The van der Waals surface area contributed by atoms with E-state index in [2.05, 4.69) is 36.7 Å². The van der Waals surface area contributed by atoms with E-state index in [4.69, 9.17) is 32.8 Å². The number of esters is 1. The van der Waals surface area contributed by atoms with Crippen LogP contribution < -0.4 is 10.8 Å². The molecule has 0 aliphatic heterocycles. The maximum atomic E-state index is 12.6. The minimum absolute atomic E-state index is 0.0602. The number of carbonyl (C=O) groups is 2. The van der Waals surface area contributed by atoms with Crippen molar-refractivity contribution < 1.29 is 19.2 Å². The number of aromatic amines is 1. The van der Waals surface area contributed by atoms with Gasteiger partial charge in [0.2, 0.25) is 0 Å². The first-order chi connectivity index (χ1) is 17.0. The number of benzene rings is 2. The molecule has 0 bridgehead atoms. The Labute approximate surface area is 221 Å². The smallest absolute Gasteiger partial charge is 0.329 e. The highest BCUT2D eigenvalue weighted by Crippen LogP contribution is 2.33. The van der Waals surface area contributed by atoms with Gasteiger partial charge in [0.05, 0.1) is 35.1 Å². The van der Waals surface area contributed by atoms with E-state index < -0.39 is 18.0 Å². The van der Waals surface area contributed by atoms with Gasteiger partial charge in [-0.25, -0.2) is 4.98 Å². The Morgan fingerprint density at radius 3 is 2.57 bits per heavy atom. The largest absolute Gasteiger partial charge is 0.464 e. The molecule has 0 unspecified atom stereocenters. The number of halogens is 3. The number of anilines is 2. The summed E-state index contributed by atoms with van der Waals surface area (Å²) in [5.74, 6) is -1.09. The summed E-state index contributed by atoms with van der Waals surface area (Å²) in [5, 5.41) is 4.91. The second-order valence-electron chi connectivity index (χ2n) is 7.54. The maximum Gasteiger partial charge on any atom is 0.329 e. The lowest BCUT2D eigenvalue weighted by Gasteiger charge is -2.17. The quantitative estimate of drug-likeness (QED) is 0.107. The Hall–Kier alpha value is -2.59. The highest BCUT2D eigenvalue weighted by atomic mass is 79.9. The summed E-state index contributed by atoms with van der Waals surface area (Å²) < 4.78 is 5.33. The van der Waals surface area contributed by atoms with Gasteiger partial charge in [0.1, 0.15) is 6.04 Å². The van der Waals surface area contributed by atoms with E-state index in [1.54, 1.807) is 42.6 Å². The van der Waals surface area contributed by atoms with E-state index in [-0.39, 0.29) is 19.4 Å². The average molecular weight is 584 g/mol. The number of rotatable bonds is 13. The molecule has 0 saturated heterocycles. The molecule has 35 heavy (non-hydrogen) atoms. The molecule has 0 saturated carbocycles. The van der Waals surface area contributed by atoms with Crippen LogP contribution in [-0.4, -0.2) is 39.9 Å². The number of nitrogens with zero attached hydrogens (tertiary/aromatic N) is 1. The van der Waals surface area contributed by atoms with E-state index in [9.17, 15) is 9.59 Å². The van der Waals surface area contributed by atoms with Gasteiger partial charge in [0, 0.05) is 29.3 Å². The Bertz CT molecular complexity index is 1090. The van der Waals surface area contributed by atoms with E-state index >= 15 is 0 Å². The van der Waals surface area contributed by atoms with E-state index in [0.29, 0.717) is 32.7 Å². The van der Waals surface area contributed by atoms with Crippen molar-refractivity contribution in [2.45, 2.75) is 31.7 Å². The van der Waals surface area contributed by atoms with Crippen LogP contribution >= 0.6 is 39.1 Å². The Morgan fingerprint density at radius 1 is 1.09 bits per heavy atom. The molecule has 3 rings (SSSR count). The second-order valence-corrected chi connectivity index (χ2v) is 9.15. The van der Waals surface area contributed by atoms with Gasteiger partial charge < -0.3 is 19.9 Å². The number of para-hydroxylation sites is 2. The van der Waals surface area contributed by atoms with Gasteiger partial charge in [-0.05, 0) is 36.6 Å². The van der Waals surface area contributed by atoms with Crippen LogP contribution in [0.2, 0.25) is 10.0 Å². The first-order valence-electron chi connectivity index (χ1n) is 10.9. The fourth-order valence-electron chi connectivity index (χ4n) is 3.14. The van der Waals surface area contributed by atoms with E-state index in [0.717, 1.165) is 18.2 Å². The number of hydrogen-bond donors (Lipinski definition) is 3. The third kappa shape index (κ3) is 8.54. The first kappa shape index (κ1) is 27.0. The molecule has 1 aromatic heterocycles. The lowest BCUT2D eigenvalue weighted by atomic mass is 10.1. The zero-order chi connectivity index (χ0) is 25.0. The normalized spacial score (nSPS) is 11.6. The summed E-state index contributed by atoms with van der Waals surface area (Å²) in [4.78, 5) is 37.3. The first-order valence-corrected chi connectivity index (χ1v) is 12.8. The molecule has 8 nitrogen and oxygen atoms in total. The SMILES string of the molecule is O=C(Cc1ccccc1Nc1c(Cl)cccc1Cl)ON[C@@H](Cc1cnc[nH]1)C(=O)OCCCCBr. The fourth-order valence-corrected chi connectivity index (χ4v) is 4.02. The number of unbranched alkanes of at least 4 members (excludes halogenated alkanes) is 1. The predicted molar refractivity (Wildman–Crippen MR) is 139 cm³/mol. The number of aromatic nitrogens is 2. The minimum Gasteiger partial charge on any atom is -0.464 e. The maximum absolute atomic E-state index is 12.6.